The Morgan fingerprint density at radius 2 is 1.70 bits per heavy atom. The summed E-state index contributed by atoms with van der Waals surface area (Å²) in [5.74, 6) is 0.204. The second kappa shape index (κ2) is 8.45. The molecule has 0 aromatic rings. The van der Waals surface area contributed by atoms with E-state index in [2.05, 4.69) is 47.8 Å². The third kappa shape index (κ3) is 6.40. The largest absolute Gasteiger partial charge is 0.350 e. The van der Waals surface area contributed by atoms with Gasteiger partial charge in [-0.2, -0.15) is 0 Å². The number of likely N-dealkylation sites (tertiary alicyclic amines) is 1. The first-order valence-electron chi connectivity index (χ1n) is 9.32. The van der Waals surface area contributed by atoms with E-state index in [1.165, 1.54) is 25.9 Å². The lowest BCUT2D eigenvalue weighted by atomic mass is 10.0. The Bertz CT molecular complexity index is 371. The fourth-order valence-electron chi connectivity index (χ4n) is 3.75. The first-order chi connectivity index (χ1) is 10.9. The summed E-state index contributed by atoms with van der Waals surface area (Å²) in [6.07, 6.45) is 4.24. The van der Waals surface area contributed by atoms with Gasteiger partial charge >= 0.3 is 0 Å². The van der Waals surface area contributed by atoms with Gasteiger partial charge in [-0.3, -0.25) is 9.69 Å². The number of likely N-dealkylation sites (N-methyl/N-ethyl adjacent to an activating group) is 1. The highest BCUT2D eigenvalue weighted by Gasteiger charge is 2.26. The molecule has 2 saturated heterocycles. The molecule has 5 heteroatoms. The molecular weight excluding hydrogens is 288 g/mol. The second-order valence-electron chi connectivity index (χ2n) is 8.14. The predicted octanol–water partition coefficient (Wildman–Crippen LogP) is 1.39. The molecule has 1 N–H and O–H groups in total. The van der Waals surface area contributed by atoms with E-state index in [9.17, 15) is 4.79 Å². The minimum absolute atomic E-state index is 0.149. The van der Waals surface area contributed by atoms with Crippen LogP contribution in [0.1, 0.15) is 46.5 Å². The van der Waals surface area contributed by atoms with Crippen LogP contribution >= 0.6 is 0 Å². The lowest BCUT2D eigenvalue weighted by Crippen LogP contribution is -2.55. The second-order valence-corrected chi connectivity index (χ2v) is 8.14. The summed E-state index contributed by atoms with van der Waals surface area (Å²) in [6.45, 7) is 14.3. The molecule has 1 atom stereocenters. The highest BCUT2D eigenvalue weighted by Crippen LogP contribution is 2.15. The van der Waals surface area contributed by atoms with Gasteiger partial charge in [0.15, 0.2) is 0 Å². The normalized spacial score (nSPS) is 23.1. The molecule has 2 aliphatic heterocycles. The number of hydrogen-bond donors (Lipinski definition) is 1. The van der Waals surface area contributed by atoms with Gasteiger partial charge in [0.2, 0.25) is 5.91 Å². The predicted molar refractivity (Wildman–Crippen MR) is 95.7 cm³/mol. The highest BCUT2D eigenvalue weighted by atomic mass is 16.1. The van der Waals surface area contributed by atoms with Gasteiger partial charge in [0, 0.05) is 50.7 Å². The number of nitrogens with zero attached hydrogens (tertiary/aromatic N) is 3. The van der Waals surface area contributed by atoms with Crippen LogP contribution in [0, 0.1) is 0 Å². The zero-order valence-corrected chi connectivity index (χ0v) is 15.6. The number of piperazine rings is 1. The van der Waals surface area contributed by atoms with Crippen molar-refractivity contribution in [2.24, 2.45) is 0 Å². The van der Waals surface area contributed by atoms with Crippen LogP contribution in [0.15, 0.2) is 0 Å². The van der Waals surface area contributed by atoms with Crippen molar-refractivity contribution in [2.75, 3.05) is 52.9 Å². The molecule has 0 spiro atoms. The quantitative estimate of drug-likeness (QED) is 0.768. The van der Waals surface area contributed by atoms with Crippen molar-refractivity contribution in [1.29, 1.82) is 0 Å². The number of nitrogens with one attached hydrogen (secondary N) is 1. The van der Waals surface area contributed by atoms with E-state index in [-0.39, 0.29) is 11.4 Å². The molecule has 23 heavy (non-hydrogen) atoms. The molecular formula is C18H36N4O. The molecule has 0 aliphatic carbocycles. The molecule has 2 aliphatic rings. The zero-order chi connectivity index (χ0) is 16.9. The Morgan fingerprint density at radius 3 is 2.30 bits per heavy atom. The smallest absolute Gasteiger partial charge is 0.220 e. The van der Waals surface area contributed by atoms with E-state index >= 15 is 0 Å². The van der Waals surface area contributed by atoms with Gasteiger partial charge in [-0.15, -0.1) is 0 Å². The Balaban J connectivity index is 1.68. The molecule has 1 amide bonds. The van der Waals surface area contributed by atoms with E-state index in [0.29, 0.717) is 12.5 Å². The van der Waals surface area contributed by atoms with Crippen molar-refractivity contribution < 1.29 is 4.79 Å². The Hall–Kier alpha value is -0.650. The fourth-order valence-corrected chi connectivity index (χ4v) is 3.75. The Morgan fingerprint density at radius 1 is 1.09 bits per heavy atom. The molecule has 0 bridgehead atoms. The van der Waals surface area contributed by atoms with Gasteiger partial charge in [-0.1, -0.05) is 0 Å². The van der Waals surface area contributed by atoms with Crippen LogP contribution in [0.2, 0.25) is 0 Å². The monoisotopic (exact) mass is 324 g/mol. The molecule has 0 saturated carbocycles. The van der Waals surface area contributed by atoms with Crippen LogP contribution in [-0.4, -0.2) is 85.0 Å². The van der Waals surface area contributed by atoms with E-state index in [1.807, 2.05) is 0 Å². The average Bonchev–Trinajstić information content (AvgIpc) is 3.01. The maximum atomic E-state index is 12.3. The molecule has 2 fully saturated rings. The van der Waals surface area contributed by atoms with E-state index in [0.717, 1.165) is 39.1 Å². The topological polar surface area (TPSA) is 38.8 Å². The third-order valence-corrected chi connectivity index (χ3v) is 5.25. The van der Waals surface area contributed by atoms with Crippen molar-refractivity contribution in [1.82, 2.24) is 20.0 Å². The summed E-state index contributed by atoms with van der Waals surface area (Å²) in [4.78, 5) is 19.7. The van der Waals surface area contributed by atoms with Gasteiger partial charge in [0.1, 0.15) is 0 Å². The average molecular weight is 325 g/mol. The van der Waals surface area contributed by atoms with Crippen LogP contribution < -0.4 is 5.32 Å². The van der Waals surface area contributed by atoms with Crippen molar-refractivity contribution in [3.63, 3.8) is 0 Å². The van der Waals surface area contributed by atoms with Crippen LogP contribution in [0.3, 0.4) is 0 Å². The molecule has 134 valence electrons. The first-order valence-corrected chi connectivity index (χ1v) is 9.32. The molecule has 2 heterocycles. The molecule has 0 radical (unpaired) electrons. The number of rotatable bonds is 7. The summed E-state index contributed by atoms with van der Waals surface area (Å²) in [5, 5.41) is 3.25. The number of amides is 1. The maximum absolute atomic E-state index is 12.3. The van der Waals surface area contributed by atoms with Gasteiger partial charge in [-0.05, 0) is 60.2 Å². The first kappa shape index (κ1) is 18.7. The highest BCUT2D eigenvalue weighted by molar-refractivity contribution is 5.76. The van der Waals surface area contributed by atoms with Crippen LogP contribution in [-0.2, 0) is 4.79 Å². The van der Waals surface area contributed by atoms with Crippen molar-refractivity contribution >= 4 is 5.91 Å². The summed E-state index contributed by atoms with van der Waals surface area (Å²) in [6, 6.07) is 0.531. The Labute approximate surface area is 142 Å². The minimum atomic E-state index is -0.149. The van der Waals surface area contributed by atoms with Gasteiger partial charge in [0.05, 0.1) is 0 Å². The van der Waals surface area contributed by atoms with Gasteiger partial charge in [0.25, 0.3) is 0 Å². The van der Waals surface area contributed by atoms with Crippen LogP contribution in [0.4, 0.5) is 0 Å². The summed E-state index contributed by atoms with van der Waals surface area (Å²) >= 11 is 0. The van der Waals surface area contributed by atoms with Crippen LogP contribution in [0.5, 0.6) is 0 Å². The molecule has 5 nitrogen and oxygen atoms in total. The number of hydrogen-bond acceptors (Lipinski definition) is 4. The zero-order valence-electron chi connectivity index (χ0n) is 15.6. The van der Waals surface area contributed by atoms with Crippen molar-refractivity contribution in [3.05, 3.63) is 0 Å². The van der Waals surface area contributed by atoms with E-state index < -0.39 is 0 Å². The van der Waals surface area contributed by atoms with Gasteiger partial charge < -0.3 is 15.1 Å². The SMILES string of the molecule is CC(CCC(=O)NC(C)(C)CN1CCN(C)CC1)N1CCCC1. The Kier molecular flexibility index (Phi) is 6.86. The molecule has 1 unspecified atom stereocenters. The number of carbonyl (C=O) groups is 1. The van der Waals surface area contributed by atoms with Crippen molar-refractivity contribution in [3.8, 4) is 0 Å². The van der Waals surface area contributed by atoms with Gasteiger partial charge in [-0.25, -0.2) is 0 Å². The lowest BCUT2D eigenvalue weighted by Gasteiger charge is -2.38. The summed E-state index contributed by atoms with van der Waals surface area (Å²) in [7, 11) is 2.17. The summed E-state index contributed by atoms with van der Waals surface area (Å²) in [5.41, 5.74) is -0.149. The summed E-state index contributed by atoms with van der Waals surface area (Å²) < 4.78 is 0. The molecule has 0 aromatic carbocycles. The minimum Gasteiger partial charge on any atom is -0.350 e. The third-order valence-electron chi connectivity index (χ3n) is 5.25. The molecule has 0 aromatic heterocycles. The maximum Gasteiger partial charge on any atom is 0.220 e. The van der Waals surface area contributed by atoms with Crippen LogP contribution in [0.25, 0.3) is 0 Å². The standard InChI is InChI=1S/C18H36N4O/c1-16(22-9-5-6-10-22)7-8-17(23)19-18(2,3)15-21-13-11-20(4)12-14-21/h16H,5-15H2,1-4H3,(H,19,23). The fraction of sp³-hybridized carbons (Fsp3) is 0.944. The van der Waals surface area contributed by atoms with E-state index in [1.54, 1.807) is 0 Å². The van der Waals surface area contributed by atoms with Crippen molar-refractivity contribution in [2.45, 2.75) is 58.0 Å². The molecule has 2 rings (SSSR count). The van der Waals surface area contributed by atoms with E-state index in [4.69, 9.17) is 0 Å². The number of carbonyl (C=O) groups excluding carboxylic acids is 1. The lowest BCUT2D eigenvalue weighted by molar-refractivity contribution is -0.123.